The molecular formula is C18H36N2O. The average molecular weight is 296 g/mol. The molecule has 2 heterocycles. The lowest BCUT2D eigenvalue weighted by Gasteiger charge is -2.51. The van der Waals surface area contributed by atoms with Gasteiger partial charge >= 0.3 is 0 Å². The van der Waals surface area contributed by atoms with E-state index in [-0.39, 0.29) is 22.4 Å². The second kappa shape index (κ2) is 5.50. The highest BCUT2D eigenvalue weighted by atomic mass is 16.6. The van der Waals surface area contributed by atoms with Gasteiger partial charge in [0.2, 0.25) is 0 Å². The Labute approximate surface area is 131 Å². The molecular weight excluding hydrogens is 260 g/mol. The van der Waals surface area contributed by atoms with Crippen LogP contribution >= 0.6 is 0 Å². The molecule has 1 atom stereocenters. The fourth-order valence-electron chi connectivity index (χ4n) is 4.57. The highest BCUT2D eigenvalue weighted by Gasteiger charge is 2.55. The molecule has 0 bridgehead atoms. The number of hydrogen-bond acceptors (Lipinski definition) is 3. The van der Waals surface area contributed by atoms with Crippen LogP contribution in [0.15, 0.2) is 0 Å². The van der Waals surface area contributed by atoms with Gasteiger partial charge in [-0.2, -0.15) is 0 Å². The standard InChI is InChI=1S/C18H36N2O/c1-8-17(10-9-14(2)3)13-19-18(21-17)11-15(4,5)20-16(6,7)12-18/h14,19-20H,8-13H2,1-7H3. The van der Waals surface area contributed by atoms with Crippen LogP contribution in [0, 0.1) is 5.92 Å². The van der Waals surface area contributed by atoms with Gasteiger partial charge in [-0.3, -0.25) is 5.32 Å². The van der Waals surface area contributed by atoms with Crippen molar-refractivity contribution in [3.8, 4) is 0 Å². The summed E-state index contributed by atoms with van der Waals surface area (Å²) in [6, 6.07) is 0. The Morgan fingerprint density at radius 2 is 1.62 bits per heavy atom. The topological polar surface area (TPSA) is 33.3 Å². The Hall–Kier alpha value is -0.120. The number of rotatable bonds is 4. The van der Waals surface area contributed by atoms with Crippen molar-refractivity contribution in [2.75, 3.05) is 6.54 Å². The molecule has 1 unspecified atom stereocenters. The largest absolute Gasteiger partial charge is 0.353 e. The van der Waals surface area contributed by atoms with E-state index in [1.807, 2.05) is 0 Å². The maximum Gasteiger partial charge on any atom is 0.123 e. The molecule has 0 saturated carbocycles. The summed E-state index contributed by atoms with van der Waals surface area (Å²) >= 11 is 0. The maximum absolute atomic E-state index is 6.80. The summed E-state index contributed by atoms with van der Waals surface area (Å²) in [5.74, 6) is 0.745. The summed E-state index contributed by atoms with van der Waals surface area (Å²) < 4.78 is 6.80. The molecule has 0 aromatic carbocycles. The van der Waals surface area contributed by atoms with Crippen molar-refractivity contribution < 1.29 is 4.74 Å². The monoisotopic (exact) mass is 296 g/mol. The third kappa shape index (κ3) is 4.00. The lowest BCUT2D eigenvalue weighted by molar-refractivity contribution is -0.154. The molecule has 3 nitrogen and oxygen atoms in total. The second-order valence-electron chi connectivity index (χ2n) is 9.17. The van der Waals surface area contributed by atoms with Crippen molar-refractivity contribution >= 4 is 0 Å². The van der Waals surface area contributed by atoms with Crippen molar-refractivity contribution in [2.45, 2.75) is 103 Å². The van der Waals surface area contributed by atoms with Gasteiger partial charge in [0.05, 0.1) is 5.60 Å². The van der Waals surface area contributed by atoms with E-state index >= 15 is 0 Å². The van der Waals surface area contributed by atoms with E-state index in [9.17, 15) is 0 Å². The summed E-state index contributed by atoms with van der Waals surface area (Å²) in [5, 5.41) is 7.55. The van der Waals surface area contributed by atoms with E-state index in [0.29, 0.717) is 0 Å². The van der Waals surface area contributed by atoms with E-state index in [4.69, 9.17) is 4.74 Å². The zero-order chi connectivity index (χ0) is 15.9. The van der Waals surface area contributed by atoms with Crippen molar-refractivity contribution in [1.82, 2.24) is 10.6 Å². The molecule has 0 aliphatic carbocycles. The molecule has 2 aliphatic heterocycles. The molecule has 3 heteroatoms. The van der Waals surface area contributed by atoms with Crippen molar-refractivity contribution in [3.63, 3.8) is 0 Å². The minimum atomic E-state index is -0.148. The number of nitrogens with one attached hydrogen (secondary N) is 2. The molecule has 21 heavy (non-hydrogen) atoms. The summed E-state index contributed by atoms with van der Waals surface area (Å²) in [6.07, 6.45) is 5.59. The molecule has 2 rings (SSSR count). The number of hydrogen-bond donors (Lipinski definition) is 2. The van der Waals surface area contributed by atoms with Gasteiger partial charge in [-0.05, 0) is 52.9 Å². The van der Waals surface area contributed by atoms with E-state index in [1.165, 1.54) is 12.8 Å². The minimum Gasteiger partial charge on any atom is -0.353 e. The van der Waals surface area contributed by atoms with Crippen molar-refractivity contribution in [2.24, 2.45) is 5.92 Å². The lowest BCUT2D eigenvalue weighted by atomic mass is 9.77. The van der Waals surface area contributed by atoms with Gasteiger partial charge in [-0.15, -0.1) is 0 Å². The molecule has 2 aliphatic rings. The van der Waals surface area contributed by atoms with Crippen molar-refractivity contribution in [1.29, 1.82) is 0 Å². The van der Waals surface area contributed by atoms with Crippen LogP contribution < -0.4 is 10.6 Å². The Kier molecular flexibility index (Phi) is 4.52. The van der Waals surface area contributed by atoms with Crippen LogP contribution in [0.4, 0.5) is 0 Å². The first-order valence-electron chi connectivity index (χ1n) is 8.76. The Balaban J connectivity index is 2.14. The SMILES string of the molecule is CCC1(CCC(C)C)CNC2(CC(C)(C)NC(C)(C)C2)O1. The van der Waals surface area contributed by atoms with Crippen LogP contribution in [-0.2, 0) is 4.74 Å². The van der Waals surface area contributed by atoms with E-state index in [0.717, 1.165) is 31.7 Å². The summed E-state index contributed by atoms with van der Waals surface area (Å²) in [6.45, 7) is 17.1. The molecule has 1 spiro atoms. The van der Waals surface area contributed by atoms with Crippen LogP contribution in [0.3, 0.4) is 0 Å². The van der Waals surface area contributed by atoms with Crippen LogP contribution in [0.5, 0.6) is 0 Å². The highest BCUT2D eigenvalue weighted by Crippen LogP contribution is 2.44. The van der Waals surface area contributed by atoms with Gasteiger partial charge in [0.1, 0.15) is 5.72 Å². The van der Waals surface area contributed by atoms with Crippen LogP contribution in [0.2, 0.25) is 0 Å². The van der Waals surface area contributed by atoms with Gasteiger partial charge in [-0.1, -0.05) is 20.8 Å². The first-order chi connectivity index (χ1) is 9.51. The lowest BCUT2D eigenvalue weighted by Crippen LogP contribution is -2.66. The molecule has 0 aromatic heterocycles. The zero-order valence-electron chi connectivity index (χ0n) is 15.2. The van der Waals surface area contributed by atoms with Gasteiger partial charge in [-0.25, -0.2) is 0 Å². The van der Waals surface area contributed by atoms with E-state index < -0.39 is 0 Å². The Morgan fingerprint density at radius 3 is 2.10 bits per heavy atom. The summed E-state index contributed by atoms with van der Waals surface area (Å²) in [7, 11) is 0. The van der Waals surface area contributed by atoms with Gasteiger partial charge in [0.25, 0.3) is 0 Å². The smallest absolute Gasteiger partial charge is 0.123 e. The molecule has 2 fully saturated rings. The van der Waals surface area contributed by atoms with Crippen LogP contribution in [-0.4, -0.2) is 28.9 Å². The van der Waals surface area contributed by atoms with Gasteiger partial charge in [0.15, 0.2) is 0 Å². The van der Waals surface area contributed by atoms with Gasteiger partial charge in [0, 0.05) is 30.5 Å². The van der Waals surface area contributed by atoms with Crippen LogP contribution in [0.1, 0.15) is 80.6 Å². The zero-order valence-corrected chi connectivity index (χ0v) is 15.2. The molecule has 2 saturated heterocycles. The van der Waals surface area contributed by atoms with Gasteiger partial charge < -0.3 is 10.1 Å². The predicted molar refractivity (Wildman–Crippen MR) is 89.4 cm³/mol. The average Bonchev–Trinajstić information content (AvgIpc) is 2.61. The Bertz CT molecular complexity index is 359. The fourth-order valence-corrected chi connectivity index (χ4v) is 4.57. The normalized spacial score (nSPS) is 33.7. The molecule has 0 radical (unpaired) electrons. The summed E-state index contributed by atoms with van der Waals surface area (Å²) in [5.41, 5.74) is 0.103. The number of ether oxygens (including phenoxy) is 1. The van der Waals surface area contributed by atoms with Crippen LogP contribution in [0.25, 0.3) is 0 Å². The van der Waals surface area contributed by atoms with E-state index in [1.54, 1.807) is 0 Å². The molecule has 0 amide bonds. The number of piperidine rings is 1. The molecule has 2 N–H and O–H groups in total. The quantitative estimate of drug-likeness (QED) is 0.827. The van der Waals surface area contributed by atoms with E-state index in [2.05, 4.69) is 59.1 Å². The summed E-state index contributed by atoms with van der Waals surface area (Å²) in [4.78, 5) is 0. The second-order valence-corrected chi connectivity index (χ2v) is 9.17. The first kappa shape index (κ1) is 17.2. The van der Waals surface area contributed by atoms with Crippen molar-refractivity contribution in [3.05, 3.63) is 0 Å². The minimum absolute atomic E-state index is 0.0355. The maximum atomic E-state index is 6.80. The highest BCUT2D eigenvalue weighted by molar-refractivity contribution is 5.08. The molecule has 0 aromatic rings. The Morgan fingerprint density at radius 1 is 1.05 bits per heavy atom. The molecule has 124 valence electrons. The predicted octanol–water partition coefficient (Wildman–Crippen LogP) is 3.83. The third-order valence-electron chi connectivity index (χ3n) is 5.10. The fraction of sp³-hybridized carbons (Fsp3) is 1.00. The third-order valence-corrected chi connectivity index (χ3v) is 5.10. The first-order valence-corrected chi connectivity index (χ1v) is 8.76.